The molecular weight excluding hydrogens is 364 g/mol. The number of benzene rings is 2. The zero-order valence-electron chi connectivity index (χ0n) is 13.6. The lowest BCUT2D eigenvalue weighted by molar-refractivity contribution is -0.127. The molecule has 2 unspecified atom stereocenters. The van der Waals surface area contributed by atoms with Gasteiger partial charge in [0.25, 0.3) is 0 Å². The summed E-state index contributed by atoms with van der Waals surface area (Å²) in [6, 6.07) is 14.9. The van der Waals surface area contributed by atoms with Gasteiger partial charge in [0.05, 0.1) is 12.0 Å². The minimum Gasteiger partial charge on any atom is -0.314 e. The van der Waals surface area contributed by atoms with E-state index in [9.17, 15) is 13.2 Å². The van der Waals surface area contributed by atoms with Crippen molar-refractivity contribution in [2.24, 2.45) is 0 Å². The molecule has 25 heavy (non-hydrogen) atoms. The summed E-state index contributed by atoms with van der Waals surface area (Å²) in [4.78, 5) is 0.903. The maximum atomic E-state index is 12.4. The normalized spacial score (nSPS) is 20.8. The summed E-state index contributed by atoms with van der Waals surface area (Å²) >= 11 is 1.47. The van der Waals surface area contributed by atoms with Crippen molar-refractivity contribution in [3.05, 3.63) is 59.7 Å². The van der Waals surface area contributed by atoms with Crippen LogP contribution in [-0.4, -0.2) is 19.3 Å². The van der Waals surface area contributed by atoms with E-state index in [1.54, 1.807) is 24.3 Å². The van der Waals surface area contributed by atoms with E-state index in [1.807, 2.05) is 0 Å². The molecule has 2 nitrogen and oxygen atoms in total. The molecular formula is C18H20F3N2PS. The first-order chi connectivity index (χ1) is 11.9. The van der Waals surface area contributed by atoms with Crippen LogP contribution in [0.15, 0.2) is 53.4 Å². The molecule has 2 aromatic carbocycles. The zero-order valence-corrected chi connectivity index (χ0v) is 15.5. The highest BCUT2D eigenvalue weighted by molar-refractivity contribution is 7.97. The van der Waals surface area contributed by atoms with Gasteiger partial charge in [0.1, 0.15) is 0 Å². The molecule has 2 aromatic rings. The van der Waals surface area contributed by atoms with Gasteiger partial charge in [-0.3, -0.25) is 0 Å². The molecule has 2 atom stereocenters. The van der Waals surface area contributed by atoms with Crippen molar-refractivity contribution in [1.82, 2.24) is 10.0 Å². The summed E-state index contributed by atoms with van der Waals surface area (Å²) in [5.74, 6) is 0. The second kappa shape index (κ2) is 7.67. The SMILES string of the molecule is FC(F)(F)Cc1ccc(SNC2(c3ccc(P)cc3)CCNC2)cc1. The number of nitrogens with one attached hydrogen (secondary N) is 2. The Labute approximate surface area is 152 Å². The monoisotopic (exact) mass is 384 g/mol. The molecule has 1 saturated heterocycles. The Bertz CT molecular complexity index is 696. The fourth-order valence-corrected chi connectivity index (χ4v) is 4.02. The fraction of sp³-hybridized carbons (Fsp3) is 0.333. The summed E-state index contributed by atoms with van der Waals surface area (Å²) in [5.41, 5.74) is 1.32. The predicted octanol–water partition coefficient (Wildman–Crippen LogP) is 3.78. The van der Waals surface area contributed by atoms with Crippen molar-refractivity contribution in [2.45, 2.75) is 29.5 Å². The maximum Gasteiger partial charge on any atom is 0.393 e. The predicted molar refractivity (Wildman–Crippen MR) is 100 cm³/mol. The molecule has 1 aliphatic heterocycles. The lowest BCUT2D eigenvalue weighted by atomic mass is 9.90. The standard InChI is InChI=1S/C18H20F3N2PS/c19-18(20,21)11-13-1-7-16(8-2-13)25-23-17(9-10-22-12-17)14-3-5-15(24)6-4-14/h1-8,22-23H,9-12,24H2. The van der Waals surface area contributed by atoms with E-state index in [2.05, 4.69) is 43.5 Å². The first-order valence-electron chi connectivity index (χ1n) is 8.03. The van der Waals surface area contributed by atoms with Gasteiger partial charge in [-0.1, -0.05) is 36.4 Å². The summed E-state index contributed by atoms with van der Waals surface area (Å²) in [6.45, 7) is 1.75. The van der Waals surface area contributed by atoms with E-state index in [4.69, 9.17) is 0 Å². The number of halogens is 3. The van der Waals surface area contributed by atoms with Crippen LogP contribution in [0.2, 0.25) is 0 Å². The molecule has 0 bridgehead atoms. The quantitative estimate of drug-likeness (QED) is 0.606. The molecule has 0 aromatic heterocycles. The molecule has 0 spiro atoms. The fourth-order valence-electron chi connectivity index (χ4n) is 2.95. The van der Waals surface area contributed by atoms with Gasteiger partial charge in [0.2, 0.25) is 0 Å². The average Bonchev–Trinajstić information content (AvgIpc) is 3.03. The second-order valence-corrected chi connectivity index (χ2v) is 7.82. The third-order valence-corrected chi connectivity index (χ3v) is 5.70. The maximum absolute atomic E-state index is 12.4. The summed E-state index contributed by atoms with van der Waals surface area (Å²) < 4.78 is 40.8. The van der Waals surface area contributed by atoms with E-state index < -0.39 is 12.6 Å². The minimum atomic E-state index is -4.17. The van der Waals surface area contributed by atoms with Crippen molar-refractivity contribution in [2.75, 3.05) is 13.1 Å². The van der Waals surface area contributed by atoms with Crippen molar-refractivity contribution in [3.63, 3.8) is 0 Å². The molecule has 0 saturated carbocycles. The van der Waals surface area contributed by atoms with Crippen molar-refractivity contribution in [3.8, 4) is 0 Å². The smallest absolute Gasteiger partial charge is 0.314 e. The van der Waals surface area contributed by atoms with Gasteiger partial charge in [-0.2, -0.15) is 13.2 Å². The van der Waals surface area contributed by atoms with E-state index >= 15 is 0 Å². The third kappa shape index (κ3) is 4.98. The number of hydrogen-bond acceptors (Lipinski definition) is 3. The Morgan fingerprint density at radius 2 is 1.76 bits per heavy atom. The molecule has 0 amide bonds. The molecule has 1 fully saturated rings. The molecule has 0 aliphatic carbocycles. The van der Waals surface area contributed by atoms with Crippen LogP contribution in [0.3, 0.4) is 0 Å². The largest absolute Gasteiger partial charge is 0.393 e. The molecule has 1 aliphatic rings. The molecule has 1 heterocycles. The Hall–Kier alpha value is -1.07. The van der Waals surface area contributed by atoms with E-state index in [0.717, 1.165) is 29.7 Å². The van der Waals surface area contributed by atoms with E-state index in [0.29, 0.717) is 0 Å². The van der Waals surface area contributed by atoms with Gasteiger partial charge >= 0.3 is 6.18 Å². The van der Waals surface area contributed by atoms with Crippen molar-refractivity contribution < 1.29 is 13.2 Å². The number of hydrogen-bond donors (Lipinski definition) is 2. The van der Waals surface area contributed by atoms with Gasteiger partial charge in [-0.05, 0) is 53.5 Å². The molecule has 2 N–H and O–H groups in total. The van der Waals surface area contributed by atoms with Crippen LogP contribution in [0, 0.1) is 0 Å². The van der Waals surface area contributed by atoms with Crippen LogP contribution in [0.5, 0.6) is 0 Å². The Balaban J connectivity index is 1.69. The van der Waals surface area contributed by atoms with Gasteiger partial charge in [0.15, 0.2) is 0 Å². The van der Waals surface area contributed by atoms with Gasteiger partial charge in [0, 0.05) is 11.4 Å². The van der Waals surface area contributed by atoms with Crippen LogP contribution < -0.4 is 15.3 Å². The van der Waals surface area contributed by atoms with Gasteiger partial charge in [-0.15, -0.1) is 9.24 Å². The topological polar surface area (TPSA) is 24.1 Å². The highest BCUT2D eigenvalue weighted by atomic mass is 32.2. The lowest BCUT2D eigenvalue weighted by Gasteiger charge is -2.30. The first-order valence-corrected chi connectivity index (χ1v) is 9.42. The van der Waals surface area contributed by atoms with E-state index in [-0.39, 0.29) is 11.1 Å². The second-order valence-electron chi connectivity index (χ2n) is 6.27. The van der Waals surface area contributed by atoms with Gasteiger partial charge in [-0.25, -0.2) is 4.72 Å². The van der Waals surface area contributed by atoms with Crippen molar-refractivity contribution >= 4 is 26.5 Å². The van der Waals surface area contributed by atoms with Crippen LogP contribution >= 0.6 is 21.2 Å². The van der Waals surface area contributed by atoms with Crippen molar-refractivity contribution in [1.29, 1.82) is 0 Å². The summed E-state index contributed by atoms with van der Waals surface area (Å²) in [6.07, 6.45) is -4.10. The molecule has 3 rings (SSSR count). The van der Waals surface area contributed by atoms with Crippen LogP contribution in [0.4, 0.5) is 13.2 Å². The van der Waals surface area contributed by atoms with Gasteiger partial charge < -0.3 is 5.32 Å². The highest BCUT2D eigenvalue weighted by Crippen LogP contribution is 2.32. The van der Waals surface area contributed by atoms with Crippen LogP contribution in [0.25, 0.3) is 0 Å². The summed E-state index contributed by atoms with van der Waals surface area (Å²) in [5, 5.41) is 4.53. The highest BCUT2D eigenvalue weighted by Gasteiger charge is 2.35. The Morgan fingerprint density at radius 1 is 1.08 bits per heavy atom. The third-order valence-electron chi connectivity index (χ3n) is 4.31. The zero-order chi connectivity index (χ0) is 17.9. The molecule has 7 heteroatoms. The molecule has 134 valence electrons. The van der Waals surface area contributed by atoms with Crippen LogP contribution in [0.1, 0.15) is 17.5 Å². The minimum absolute atomic E-state index is 0.173. The average molecular weight is 384 g/mol. The molecule has 0 radical (unpaired) electrons. The Morgan fingerprint density at radius 3 is 2.32 bits per heavy atom. The number of alkyl halides is 3. The van der Waals surface area contributed by atoms with E-state index in [1.165, 1.54) is 17.5 Å². The number of rotatable bonds is 5. The summed E-state index contributed by atoms with van der Waals surface area (Å²) in [7, 11) is 2.68. The Kier molecular flexibility index (Phi) is 5.74. The first kappa shape index (κ1) is 18.7. The van der Waals surface area contributed by atoms with Crippen LogP contribution in [-0.2, 0) is 12.0 Å². The lowest BCUT2D eigenvalue weighted by Crippen LogP contribution is -2.40.